The number of aromatic nitrogens is 3. The van der Waals surface area contributed by atoms with E-state index in [0.29, 0.717) is 18.9 Å². The van der Waals surface area contributed by atoms with Gasteiger partial charge in [-0.15, -0.1) is 5.10 Å². The van der Waals surface area contributed by atoms with Crippen LogP contribution in [0.25, 0.3) is 0 Å². The van der Waals surface area contributed by atoms with Gasteiger partial charge in [0.2, 0.25) is 11.8 Å². The number of nitrogens with zero attached hydrogens (tertiary/aromatic N) is 4. The summed E-state index contributed by atoms with van der Waals surface area (Å²) in [5.41, 5.74) is 5.79. The number of nitrogens with one attached hydrogen (secondary N) is 1. The van der Waals surface area contributed by atoms with Crippen LogP contribution < -0.4 is 11.1 Å². The SMILES string of the molecule is CC(=O)Nc1cnn(CC(=O)N2CCC(N)CC2)n1. The molecular formula is C11H18N6O2. The highest BCUT2D eigenvalue weighted by Crippen LogP contribution is 2.09. The van der Waals surface area contributed by atoms with E-state index in [1.807, 2.05) is 0 Å². The minimum Gasteiger partial charge on any atom is -0.341 e. The Bertz CT molecular complexity index is 464. The molecule has 0 aliphatic carbocycles. The number of hydrogen-bond acceptors (Lipinski definition) is 5. The Hall–Kier alpha value is -1.96. The van der Waals surface area contributed by atoms with Crippen LogP contribution in [0.3, 0.4) is 0 Å². The Balaban J connectivity index is 1.88. The van der Waals surface area contributed by atoms with Crippen LogP contribution in [-0.2, 0) is 16.1 Å². The lowest BCUT2D eigenvalue weighted by Gasteiger charge is -2.29. The van der Waals surface area contributed by atoms with Crippen LogP contribution in [0.15, 0.2) is 6.20 Å². The standard InChI is InChI=1S/C11H18N6O2/c1-8(18)14-10-6-13-17(15-10)7-11(19)16-4-2-9(12)3-5-16/h6,9H,2-5,7,12H2,1H3,(H,14,15,18). The summed E-state index contributed by atoms with van der Waals surface area (Å²) in [5.74, 6) is 0.0984. The molecule has 0 atom stereocenters. The molecule has 2 amide bonds. The van der Waals surface area contributed by atoms with Gasteiger partial charge >= 0.3 is 0 Å². The second kappa shape index (κ2) is 5.79. The third-order valence-corrected chi connectivity index (χ3v) is 3.01. The van der Waals surface area contributed by atoms with Gasteiger partial charge in [-0.3, -0.25) is 9.59 Å². The van der Waals surface area contributed by atoms with Crippen LogP contribution in [0, 0.1) is 0 Å². The summed E-state index contributed by atoms with van der Waals surface area (Å²) in [4.78, 5) is 25.9. The number of nitrogens with two attached hydrogens (primary N) is 1. The van der Waals surface area contributed by atoms with Gasteiger partial charge in [0, 0.05) is 26.1 Å². The number of carbonyl (C=O) groups is 2. The van der Waals surface area contributed by atoms with Gasteiger partial charge in [-0.1, -0.05) is 0 Å². The minimum absolute atomic E-state index is 0.0307. The Morgan fingerprint density at radius 1 is 1.47 bits per heavy atom. The van der Waals surface area contributed by atoms with Crippen molar-refractivity contribution in [1.82, 2.24) is 19.9 Å². The van der Waals surface area contributed by atoms with Crippen molar-refractivity contribution in [3.63, 3.8) is 0 Å². The Morgan fingerprint density at radius 3 is 2.79 bits per heavy atom. The molecule has 0 radical (unpaired) electrons. The molecule has 1 fully saturated rings. The van der Waals surface area contributed by atoms with Gasteiger partial charge in [-0.25, -0.2) is 0 Å². The first-order valence-electron chi connectivity index (χ1n) is 6.25. The highest BCUT2D eigenvalue weighted by Gasteiger charge is 2.21. The molecule has 2 rings (SSSR count). The lowest BCUT2D eigenvalue weighted by atomic mass is 10.1. The van der Waals surface area contributed by atoms with Crippen LogP contribution in [0.4, 0.5) is 5.82 Å². The van der Waals surface area contributed by atoms with E-state index in [2.05, 4.69) is 15.5 Å². The Labute approximate surface area is 110 Å². The second-order valence-corrected chi connectivity index (χ2v) is 4.66. The molecule has 0 spiro atoms. The maximum atomic E-state index is 12.0. The van der Waals surface area contributed by atoms with E-state index < -0.39 is 0 Å². The highest BCUT2D eigenvalue weighted by atomic mass is 16.2. The topological polar surface area (TPSA) is 106 Å². The molecule has 104 valence electrons. The molecule has 8 heteroatoms. The van der Waals surface area contributed by atoms with E-state index in [9.17, 15) is 9.59 Å². The maximum Gasteiger partial charge on any atom is 0.246 e. The Kier molecular flexibility index (Phi) is 4.10. The molecule has 0 unspecified atom stereocenters. The molecule has 8 nitrogen and oxygen atoms in total. The zero-order valence-electron chi connectivity index (χ0n) is 10.9. The van der Waals surface area contributed by atoms with Crippen LogP contribution >= 0.6 is 0 Å². The number of amides is 2. The fourth-order valence-corrected chi connectivity index (χ4v) is 1.98. The largest absolute Gasteiger partial charge is 0.341 e. The first kappa shape index (κ1) is 13.5. The number of carbonyl (C=O) groups excluding carboxylic acids is 2. The molecular weight excluding hydrogens is 248 g/mol. The lowest BCUT2D eigenvalue weighted by molar-refractivity contribution is -0.133. The van der Waals surface area contributed by atoms with Crippen molar-refractivity contribution < 1.29 is 9.59 Å². The first-order valence-corrected chi connectivity index (χ1v) is 6.25. The fraction of sp³-hybridized carbons (Fsp3) is 0.636. The van der Waals surface area contributed by atoms with E-state index in [0.717, 1.165) is 12.8 Å². The fourth-order valence-electron chi connectivity index (χ4n) is 1.98. The van der Waals surface area contributed by atoms with E-state index >= 15 is 0 Å². The smallest absolute Gasteiger partial charge is 0.246 e. The summed E-state index contributed by atoms with van der Waals surface area (Å²) in [5, 5.41) is 10.4. The van der Waals surface area contributed by atoms with Crippen LogP contribution in [0.1, 0.15) is 19.8 Å². The monoisotopic (exact) mass is 266 g/mol. The van der Waals surface area contributed by atoms with Gasteiger partial charge in [0.25, 0.3) is 0 Å². The van der Waals surface area contributed by atoms with Crippen molar-refractivity contribution in [2.24, 2.45) is 5.73 Å². The van der Waals surface area contributed by atoms with E-state index in [4.69, 9.17) is 5.73 Å². The predicted octanol–water partition coefficient (Wildman–Crippen LogP) is -0.814. The van der Waals surface area contributed by atoms with Gasteiger partial charge in [-0.05, 0) is 12.8 Å². The van der Waals surface area contributed by atoms with Gasteiger partial charge in [0.1, 0.15) is 6.54 Å². The van der Waals surface area contributed by atoms with Crippen molar-refractivity contribution in [3.8, 4) is 0 Å². The van der Waals surface area contributed by atoms with Crippen molar-refractivity contribution in [3.05, 3.63) is 6.20 Å². The lowest BCUT2D eigenvalue weighted by Crippen LogP contribution is -2.44. The third kappa shape index (κ3) is 3.75. The van der Waals surface area contributed by atoms with Crippen LogP contribution in [-0.4, -0.2) is 50.8 Å². The second-order valence-electron chi connectivity index (χ2n) is 4.66. The number of likely N-dealkylation sites (tertiary alicyclic amines) is 1. The average Bonchev–Trinajstić information content (AvgIpc) is 2.76. The normalized spacial score (nSPS) is 16.4. The van der Waals surface area contributed by atoms with E-state index in [1.165, 1.54) is 17.9 Å². The minimum atomic E-state index is -0.219. The summed E-state index contributed by atoms with van der Waals surface area (Å²) in [7, 11) is 0. The van der Waals surface area contributed by atoms with Gasteiger partial charge in [-0.2, -0.15) is 9.90 Å². The summed E-state index contributed by atoms with van der Waals surface area (Å²) in [6, 6.07) is 0.193. The van der Waals surface area contributed by atoms with Gasteiger partial charge < -0.3 is 16.0 Å². The summed E-state index contributed by atoms with van der Waals surface area (Å²) in [6.07, 6.45) is 3.08. The van der Waals surface area contributed by atoms with Crippen molar-refractivity contribution in [2.45, 2.75) is 32.4 Å². The average molecular weight is 266 g/mol. The van der Waals surface area contributed by atoms with Gasteiger partial charge in [0.05, 0.1) is 6.20 Å². The molecule has 19 heavy (non-hydrogen) atoms. The van der Waals surface area contributed by atoms with E-state index in [-0.39, 0.29) is 24.4 Å². The summed E-state index contributed by atoms with van der Waals surface area (Å²) in [6.45, 7) is 2.83. The van der Waals surface area contributed by atoms with Crippen LogP contribution in [0.2, 0.25) is 0 Å². The number of rotatable bonds is 3. The maximum absolute atomic E-state index is 12.0. The van der Waals surface area contributed by atoms with Gasteiger partial charge in [0.15, 0.2) is 5.82 Å². The molecule has 0 bridgehead atoms. The molecule has 0 aromatic carbocycles. The molecule has 1 aromatic rings. The predicted molar refractivity (Wildman–Crippen MR) is 68.1 cm³/mol. The molecule has 1 aromatic heterocycles. The molecule has 2 heterocycles. The first-order chi connectivity index (χ1) is 9.04. The Morgan fingerprint density at radius 2 is 2.16 bits per heavy atom. The van der Waals surface area contributed by atoms with Crippen molar-refractivity contribution in [1.29, 1.82) is 0 Å². The molecule has 1 aliphatic heterocycles. The number of anilines is 1. The zero-order chi connectivity index (χ0) is 13.8. The van der Waals surface area contributed by atoms with Crippen molar-refractivity contribution in [2.75, 3.05) is 18.4 Å². The quantitative estimate of drug-likeness (QED) is 0.744. The summed E-state index contributed by atoms with van der Waals surface area (Å²) >= 11 is 0. The molecule has 3 N–H and O–H groups in total. The van der Waals surface area contributed by atoms with Crippen molar-refractivity contribution >= 4 is 17.6 Å². The number of piperidine rings is 1. The number of hydrogen-bond donors (Lipinski definition) is 2. The molecule has 1 aliphatic rings. The highest BCUT2D eigenvalue weighted by molar-refractivity contribution is 5.87. The zero-order valence-corrected chi connectivity index (χ0v) is 10.9. The van der Waals surface area contributed by atoms with Crippen LogP contribution in [0.5, 0.6) is 0 Å². The van der Waals surface area contributed by atoms with E-state index in [1.54, 1.807) is 4.90 Å². The summed E-state index contributed by atoms with van der Waals surface area (Å²) < 4.78 is 0. The third-order valence-electron chi connectivity index (χ3n) is 3.01. The molecule has 0 saturated carbocycles. The molecule has 1 saturated heterocycles.